The quantitative estimate of drug-likeness (QED) is 0.597. The van der Waals surface area contributed by atoms with Crippen molar-refractivity contribution in [3.05, 3.63) is 65.5 Å². The fourth-order valence-electron chi connectivity index (χ4n) is 4.72. The highest BCUT2D eigenvalue weighted by Crippen LogP contribution is 2.39. The molecule has 1 fully saturated rings. The Kier molecular flexibility index (Phi) is 6.88. The molecule has 1 N–H and O–H groups in total. The number of nitrogens with zero attached hydrogens (tertiary/aromatic N) is 2. The van der Waals surface area contributed by atoms with Gasteiger partial charge in [-0.15, -0.1) is 0 Å². The molecule has 0 radical (unpaired) electrons. The van der Waals surface area contributed by atoms with Crippen LogP contribution in [-0.2, 0) is 19.9 Å². The number of hydrogen-bond acceptors (Lipinski definition) is 5. The van der Waals surface area contributed by atoms with Gasteiger partial charge in [-0.25, -0.2) is 4.39 Å². The van der Waals surface area contributed by atoms with Crippen LogP contribution < -0.4 is 5.32 Å². The molecule has 8 heteroatoms. The summed E-state index contributed by atoms with van der Waals surface area (Å²) < 4.78 is 20.1. The molecule has 2 atom stereocenters. The van der Waals surface area contributed by atoms with Crippen molar-refractivity contribution in [3.8, 4) is 0 Å². The fourth-order valence-corrected chi connectivity index (χ4v) is 4.72. The van der Waals surface area contributed by atoms with Crippen LogP contribution in [0.4, 0.5) is 10.1 Å². The van der Waals surface area contributed by atoms with Gasteiger partial charge < -0.3 is 15.0 Å². The van der Waals surface area contributed by atoms with E-state index < -0.39 is 17.1 Å². The molecule has 2 unspecified atom stereocenters. The molecule has 0 bridgehead atoms. The van der Waals surface area contributed by atoms with Gasteiger partial charge in [-0.05, 0) is 43.5 Å². The third kappa shape index (κ3) is 4.37. The van der Waals surface area contributed by atoms with Crippen molar-refractivity contribution in [1.29, 1.82) is 0 Å². The predicted molar refractivity (Wildman–Crippen MR) is 126 cm³/mol. The third-order valence-electron chi connectivity index (χ3n) is 6.47. The largest absolute Gasteiger partial charge is 0.381 e. The Morgan fingerprint density at radius 2 is 2.00 bits per heavy atom. The van der Waals surface area contributed by atoms with Crippen LogP contribution in [0.25, 0.3) is 0 Å². The SMILES string of the molecule is CCCC1(c2ccccc2)C(=O)N=C(C)N1CC(=O)c1ccc(NC(=O)C2CCOC2)cc1F. The second kappa shape index (κ2) is 9.85. The van der Waals surface area contributed by atoms with Gasteiger partial charge in [-0.1, -0.05) is 43.7 Å². The number of anilines is 1. The van der Waals surface area contributed by atoms with Crippen LogP contribution in [-0.4, -0.2) is 48.1 Å². The number of amides is 2. The number of amidine groups is 1. The topological polar surface area (TPSA) is 88.1 Å². The van der Waals surface area contributed by atoms with E-state index in [1.807, 2.05) is 37.3 Å². The van der Waals surface area contributed by atoms with Gasteiger partial charge in [0.15, 0.2) is 5.78 Å². The number of carbonyl (C=O) groups excluding carboxylic acids is 3. The minimum absolute atomic E-state index is 0.104. The Labute approximate surface area is 198 Å². The molecule has 2 aliphatic heterocycles. The monoisotopic (exact) mass is 465 g/mol. The van der Waals surface area contributed by atoms with Crippen molar-refractivity contribution in [2.75, 3.05) is 25.1 Å². The second-order valence-corrected chi connectivity index (χ2v) is 8.69. The normalized spacial score (nSPS) is 22.1. The number of nitrogens with one attached hydrogen (secondary N) is 1. The van der Waals surface area contributed by atoms with E-state index >= 15 is 0 Å². The van der Waals surface area contributed by atoms with Crippen molar-refractivity contribution in [3.63, 3.8) is 0 Å². The first-order chi connectivity index (χ1) is 16.4. The zero-order chi connectivity index (χ0) is 24.3. The maximum Gasteiger partial charge on any atom is 0.277 e. The summed E-state index contributed by atoms with van der Waals surface area (Å²) in [7, 11) is 0. The molecule has 2 amide bonds. The van der Waals surface area contributed by atoms with Gasteiger partial charge in [0.05, 0.1) is 24.6 Å². The van der Waals surface area contributed by atoms with Crippen LogP contribution in [0, 0.1) is 11.7 Å². The van der Waals surface area contributed by atoms with E-state index in [9.17, 15) is 18.8 Å². The van der Waals surface area contributed by atoms with Crippen LogP contribution >= 0.6 is 0 Å². The van der Waals surface area contributed by atoms with Gasteiger partial charge in [0, 0.05) is 12.3 Å². The Balaban J connectivity index is 1.56. The molecule has 2 aliphatic rings. The summed E-state index contributed by atoms with van der Waals surface area (Å²) in [5.41, 5.74) is -0.161. The first kappa shape index (κ1) is 23.8. The first-order valence-corrected chi connectivity index (χ1v) is 11.5. The smallest absolute Gasteiger partial charge is 0.277 e. The number of aliphatic imine (C=N–C) groups is 1. The van der Waals surface area contributed by atoms with Crippen LogP contribution in [0.15, 0.2) is 53.5 Å². The van der Waals surface area contributed by atoms with Crippen molar-refractivity contribution in [2.45, 2.75) is 38.6 Å². The molecule has 178 valence electrons. The Hall–Kier alpha value is -3.39. The Morgan fingerprint density at radius 1 is 1.24 bits per heavy atom. The molecular weight excluding hydrogens is 437 g/mol. The summed E-state index contributed by atoms with van der Waals surface area (Å²) >= 11 is 0. The van der Waals surface area contributed by atoms with E-state index in [-0.39, 0.29) is 35.5 Å². The lowest BCUT2D eigenvalue weighted by Crippen LogP contribution is -2.50. The minimum atomic E-state index is -1.09. The summed E-state index contributed by atoms with van der Waals surface area (Å²) in [5, 5.41) is 2.68. The van der Waals surface area contributed by atoms with E-state index in [4.69, 9.17) is 4.74 Å². The zero-order valence-corrected chi connectivity index (χ0v) is 19.3. The Morgan fingerprint density at radius 3 is 2.65 bits per heavy atom. The summed E-state index contributed by atoms with van der Waals surface area (Å²) in [6.45, 7) is 4.34. The van der Waals surface area contributed by atoms with Gasteiger partial charge in [-0.3, -0.25) is 14.4 Å². The molecule has 0 aliphatic carbocycles. The number of carbonyl (C=O) groups is 3. The van der Waals surface area contributed by atoms with Crippen LogP contribution in [0.2, 0.25) is 0 Å². The van der Waals surface area contributed by atoms with Crippen molar-refractivity contribution < 1.29 is 23.5 Å². The summed E-state index contributed by atoms with van der Waals surface area (Å²) in [6, 6.07) is 13.3. The molecule has 4 rings (SSSR count). The number of rotatable bonds is 8. The molecule has 0 saturated carbocycles. The van der Waals surface area contributed by atoms with Gasteiger partial charge in [-0.2, -0.15) is 4.99 Å². The van der Waals surface area contributed by atoms with Crippen molar-refractivity contribution in [1.82, 2.24) is 4.90 Å². The number of benzene rings is 2. The standard InChI is InChI=1S/C26H28FN3O4/c1-3-12-26(19-7-5-4-6-8-19)25(33)28-17(2)30(26)15-23(31)21-10-9-20(14-22(21)27)29-24(32)18-11-13-34-16-18/h4-10,14,18H,3,11-13,15-16H2,1-2H3,(H,29,32). The lowest BCUT2D eigenvalue weighted by atomic mass is 9.83. The summed E-state index contributed by atoms with van der Waals surface area (Å²) in [5.74, 6) is -1.58. The molecule has 1 saturated heterocycles. The number of ether oxygens (including phenoxy) is 1. The average Bonchev–Trinajstić information content (AvgIpc) is 3.43. The van der Waals surface area contributed by atoms with E-state index in [1.165, 1.54) is 12.1 Å². The maximum absolute atomic E-state index is 14.9. The number of Topliss-reactive ketones (excluding diaryl/α,β-unsaturated/α-hetero) is 1. The van der Waals surface area contributed by atoms with E-state index in [1.54, 1.807) is 11.8 Å². The summed E-state index contributed by atoms with van der Waals surface area (Å²) in [6.07, 6.45) is 1.80. The minimum Gasteiger partial charge on any atom is -0.381 e. The second-order valence-electron chi connectivity index (χ2n) is 8.69. The Bertz CT molecular complexity index is 1130. The number of ketones is 1. The van der Waals surface area contributed by atoms with Gasteiger partial charge in [0.25, 0.3) is 5.91 Å². The maximum atomic E-state index is 14.9. The molecule has 7 nitrogen and oxygen atoms in total. The first-order valence-electron chi connectivity index (χ1n) is 11.5. The molecule has 2 aromatic rings. The fraction of sp³-hybridized carbons (Fsp3) is 0.385. The van der Waals surface area contributed by atoms with Gasteiger partial charge in [0.2, 0.25) is 5.91 Å². The molecule has 34 heavy (non-hydrogen) atoms. The van der Waals surface area contributed by atoms with Crippen molar-refractivity contribution in [2.24, 2.45) is 10.9 Å². The van der Waals surface area contributed by atoms with Gasteiger partial charge >= 0.3 is 0 Å². The molecule has 2 aromatic carbocycles. The molecule has 2 heterocycles. The van der Waals surface area contributed by atoms with E-state index in [0.717, 1.165) is 11.6 Å². The van der Waals surface area contributed by atoms with Crippen LogP contribution in [0.5, 0.6) is 0 Å². The van der Waals surface area contributed by atoms with Gasteiger partial charge in [0.1, 0.15) is 17.2 Å². The highest BCUT2D eigenvalue weighted by atomic mass is 19.1. The lowest BCUT2D eigenvalue weighted by Gasteiger charge is -2.38. The molecule has 0 spiro atoms. The number of hydrogen-bond donors (Lipinski definition) is 1. The molecule has 0 aromatic heterocycles. The highest BCUT2D eigenvalue weighted by Gasteiger charge is 2.50. The van der Waals surface area contributed by atoms with Crippen LogP contribution in [0.3, 0.4) is 0 Å². The molecular formula is C26H28FN3O4. The van der Waals surface area contributed by atoms with E-state index in [2.05, 4.69) is 10.3 Å². The van der Waals surface area contributed by atoms with Crippen LogP contribution in [0.1, 0.15) is 49.0 Å². The zero-order valence-electron chi connectivity index (χ0n) is 19.3. The highest BCUT2D eigenvalue weighted by molar-refractivity contribution is 6.09. The van der Waals surface area contributed by atoms with E-state index in [0.29, 0.717) is 38.3 Å². The predicted octanol–water partition coefficient (Wildman–Crippen LogP) is 3.94. The average molecular weight is 466 g/mol. The lowest BCUT2D eigenvalue weighted by molar-refractivity contribution is -0.126. The number of halogens is 1. The summed E-state index contributed by atoms with van der Waals surface area (Å²) in [4.78, 5) is 44.4. The third-order valence-corrected chi connectivity index (χ3v) is 6.47. The van der Waals surface area contributed by atoms with Crippen molar-refractivity contribution >= 4 is 29.1 Å².